The van der Waals surface area contributed by atoms with Crippen LogP contribution in [-0.4, -0.2) is 162 Å². The van der Waals surface area contributed by atoms with E-state index < -0.39 is 65.9 Å². The number of anilines is 1. The van der Waals surface area contributed by atoms with Gasteiger partial charge in [0.05, 0.1) is 77.9 Å². The minimum atomic E-state index is -1.74. The molecule has 7 rings (SSSR count). The summed E-state index contributed by atoms with van der Waals surface area (Å²) < 4.78 is 59.4. The number of aromatic nitrogens is 6. The third-order valence-electron chi connectivity index (χ3n) is 14.2. The van der Waals surface area contributed by atoms with Crippen molar-refractivity contribution in [1.29, 1.82) is 0 Å². The molecule has 0 saturated carbocycles. The number of aliphatic hydroxyl groups is 5. The van der Waals surface area contributed by atoms with Crippen LogP contribution in [0.1, 0.15) is 97.1 Å². The molecule has 0 aliphatic rings. The first kappa shape index (κ1) is 106. The van der Waals surface area contributed by atoms with E-state index in [1.807, 2.05) is 32.9 Å². The number of aliphatic carboxylic acids is 1. The van der Waals surface area contributed by atoms with Crippen molar-refractivity contribution in [2.75, 3.05) is 41.4 Å². The van der Waals surface area contributed by atoms with Crippen LogP contribution in [0, 0.1) is 82.1 Å². The van der Waals surface area contributed by atoms with E-state index in [2.05, 4.69) is 202 Å². The van der Waals surface area contributed by atoms with Crippen molar-refractivity contribution in [3.8, 4) is 0 Å². The summed E-state index contributed by atoms with van der Waals surface area (Å²) in [5, 5.41) is 69.1. The first-order valence-electron chi connectivity index (χ1n) is 31.4. The Hall–Kier alpha value is -4.38. The van der Waals surface area contributed by atoms with Crippen LogP contribution in [0.2, 0.25) is 0 Å². The number of benzene rings is 4. The molecule has 0 radical (unpaired) electrons. The molecule has 0 fully saturated rings. The van der Waals surface area contributed by atoms with Gasteiger partial charge >= 0.3 is 35.5 Å². The maximum Gasteiger partial charge on any atom is 1.00 e. The maximum atomic E-state index is 12.9. The van der Waals surface area contributed by atoms with Crippen molar-refractivity contribution in [3.63, 3.8) is 0 Å². The zero-order valence-electron chi connectivity index (χ0n) is 63.0. The van der Waals surface area contributed by atoms with Gasteiger partial charge in [-0.05, 0) is 225 Å². The van der Waals surface area contributed by atoms with Gasteiger partial charge in [0, 0.05) is 73.0 Å². The zero-order chi connectivity index (χ0) is 84.0. The first-order chi connectivity index (χ1) is 49.9. The average Bonchev–Trinajstić information content (AvgIpc) is 1.18. The van der Waals surface area contributed by atoms with Gasteiger partial charge in [0.1, 0.15) is 22.4 Å². The van der Waals surface area contributed by atoms with Gasteiger partial charge in [-0.3, -0.25) is 33.6 Å². The van der Waals surface area contributed by atoms with Crippen molar-refractivity contribution in [2.24, 2.45) is 0 Å². The first-order valence-corrected chi connectivity index (χ1v) is 40.7. The largest absolute Gasteiger partial charge is 1.00 e. The second kappa shape index (κ2) is 53.6. The summed E-state index contributed by atoms with van der Waals surface area (Å²) in [6.45, 7) is 51.9. The molecule has 0 spiro atoms. The Morgan fingerprint density at radius 3 is 1.23 bits per heavy atom. The fourth-order valence-corrected chi connectivity index (χ4v) is 10.3. The van der Waals surface area contributed by atoms with Crippen molar-refractivity contribution in [3.05, 3.63) is 205 Å². The number of rotatable bonds is 21. The molecule has 0 saturated heterocycles. The van der Waals surface area contributed by atoms with Gasteiger partial charge in [-0.15, -0.1) is 0 Å². The Balaban J connectivity index is -0.000000604. The molecular weight excluding hydrogens is 2040 g/mol. The molecule has 9 N–H and O–H groups in total. The number of nitrogens with zero attached hydrogens (tertiary/aromatic N) is 10. The molecule has 24 nitrogen and oxygen atoms in total. The van der Waals surface area contributed by atoms with E-state index >= 15 is 0 Å². The predicted molar refractivity (Wildman–Crippen MR) is 449 cm³/mol. The second-order valence-corrected chi connectivity index (χ2v) is 31.7. The number of carbonyl (C=O) groups excluding carboxylic acids is 4. The number of H-pyrrole nitrogens is 1. The predicted octanol–water partition coefficient (Wildman–Crippen LogP) is 12.8. The second-order valence-electron chi connectivity index (χ2n) is 23.7. The summed E-state index contributed by atoms with van der Waals surface area (Å²) in [5.41, 5.74) is 6.09. The molecule has 0 unspecified atom stereocenters. The van der Waals surface area contributed by atoms with E-state index in [0.29, 0.717) is 33.9 Å². The normalized spacial score (nSPS) is 13.0. The Labute approximate surface area is 734 Å². The molecule has 0 amide bonds. The standard InChI is InChI=1S/C16H15FIN3O2.C16H16FN3O2.C13H13BrINO2.C8H7IN2.C6H15N.C4H6BrClO2.C4H7BrO3.C3H3FN2.Cl2OS.Na.H/c1-10-4-11(13(18)6-14(10)19-3)5-15(22)16(2,23)9-21-8-12(17)7-20-21;1-11-6-12(4-5-14(11)18-3)7-15(21)16(2,22)10-20-9-13(17)8-19-20;1-8-4-9(10(15)6-11(8)16-3)5-12(17)13(2,18)7-14;1-5-3-7(10)6(9)4-8(5)11-2;1-4-7(5-2)6-3;2*1-4(8,2-5)3(6)7;4-3-1-5-6-2-3;1-4(2)3;;/h4,6-8,23H,5,9H2,1-2H3;4-6,8-9,22H,7,10H2,1-2H3;4,6,18H,5,7H2,1-2H3;3-4H,10H2,1H3;4-6H2,1-3H3;8H,2H2,1H3;8H,2H2,1H3,(H,6,7);1-2H,(H,5,6);;;/q;;;;;;;;;+1;-1/t2*16-;13-;;;2*4-;;;;/m000..00..../s1/i;4T;;;;;;;;;. The average molecular weight is 2130 g/mol. The molecule has 3 aromatic heterocycles. The van der Waals surface area contributed by atoms with Crippen molar-refractivity contribution in [1.82, 2.24) is 34.7 Å². The number of Topliss-reactive ketones (excluding diaryl/α,β-unsaturated/α-hetero) is 3. The van der Waals surface area contributed by atoms with Crippen LogP contribution in [-0.2, 0) is 65.6 Å². The number of aromatic amines is 1. The zero-order valence-corrected chi connectivity index (χ0v) is 77.3. The molecule has 4 aromatic carbocycles. The molecule has 0 bridgehead atoms. The van der Waals surface area contributed by atoms with Crippen LogP contribution in [0.3, 0.4) is 0 Å². The van der Waals surface area contributed by atoms with Crippen LogP contribution in [0.25, 0.3) is 19.4 Å². The van der Waals surface area contributed by atoms with Gasteiger partial charge < -0.3 is 42.7 Å². The molecule has 5 atom stereocenters. The summed E-state index contributed by atoms with van der Waals surface area (Å²) in [6.07, 6.45) is 6.59. The van der Waals surface area contributed by atoms with E-state index in [9.17, 15) is 52.5 Å². The fraction of sp³-hybridized carbons (Fsp3) is 0.400. The van der Waals surface area contributed by atoms with E-state index in [0.717, 1.165) is 79.9 Å². The van der Waals surface area contributed by atoms with Gasteiger partial charge in [0.15, 0.2) is 63.2 Å². The Kier molecular flexibility index (Phi) is 52.4. The van der Waals surface area contributed by atoms with Crippen LogP contribution in [0.15, 0.2) is 91.8 Å². The molecular formula is C70H83Br3Cl3F3I3N12NaO12S. The van der Waals surface area contributed by atoms with Crippen LogP contribution < -0.4 is 35.3 Å². The number of carbonyl (C=O) groups is 5. The number of halogens is 12. The molecule has 38 heteroatoms. The van der Waals surface area contributed by atoms with Crippen molar-refractivity contribution in [2.45, 2.75) is 143 Å². The molecule has 0 aliphatic heterocycles. The number of carboxylic acid groups (broad SMARTS) is 1. The van der Waals surface area contributed by atoms with Crippen molar-refractivity contribution >= 4 is 215 Å². The topological polar surface area (TPSA) is 335 Å². The number of hydrogen-bond acceptors (Lipinski definition) is 16. The van der Waals surface area contributed by atoms with E-state index in [1.54, 1.807) is 37.3 Å². The SMILES string of the molecule is CCN(CC)CC.C[C@](O)(CBr)C(=O)Cl.C[C@](O)(CBr)C(=O)O.Fc1cn[nH]c1.O=S(Cl)Cl.[3H]c1cc([N+]#[C-])c(C)cc1CC(=O)[C@@](C)(O)Cn1cc(F)cn1.[C-]#[N+]c1cc(I)c(CC(=O)[C@@](C)(O)CBr)cc1C.[C-]#[N+]c1cc(I)c(CC(=O)[C@@](C)(O)Cn2cc(F)cn2)cc1C.[C-]#[N+]c1cc(I)c(N)cc1C.[H-].[Na+]. The molecule has 0 aliphatic carbocycles. The van der Waals surface area contributed by atoms with Gasteiger partial charge in [-0.25, -0.2) is 41.6 Å². The van der Waals surface area contributed by atoms with Gasteiger partial charge in [0.2, 0.25) is 9.23 Å². The number of hydrogen-bond donors (Lipinski definition) is 8. The van der Waals surface area contributed by atoms with Gasteiger partial charge in [0.25, 0.3) is 5.24 Å². The van der Waals surface area contributed by atoms with Crippen LogP contribution in [0.4, 0.5) is 41.6 Å². The quantitative estimate of drug-likeness (QED) is 0.00827. The van der Waals surface area contributed by atoms with E-state index in [1.165, 1.54) is 71.2 Å². The summed E-state index contributed by atoms with van der Waals surface area (Å²) in [5.74, 6) is -3.73. The van der Waals surface area contributed by atoms with Gasteiger partial charge in [-0.1, -0.05) is 98.9 Å². The van der Waals surface area contributed by atoms with Gasteiger partial charge in [-0.2, -0.15) is 15.3 Å². The molecule has 7 aromatic rings. The van der Waals surface area contributed by atoms with Crippen LogP contribution in [0.5, 0.6) is 0 Å². The maximum absolute atomic E-state index is 12.9. The number of aryl methyl sites for hydroxylation is 4. The number of nitrogens with one attached hydrogen (secondary N) is 1. The van der Waals surface area contributed by atoms with E-state index in [4.69, 9.17) is 64.5 Å². The third kappa shape index (κ3) is 41.9. The molecule has 108 heavy (non-hydrogen) atoms. The Morgan fingerprint density at radius 2 is 0.963 bits per heavy atom. The number of nitrogens with two attached hydrogens (primary N) is 1. The molecule has 3 heterocycles. The fourth-order valence-electron chi connectivity index (χ4n) is 7.50. The monoisotopic (exact) mass is 2120 g/mol. The summed E-state index contributed by atoms with van der Waals surface area (Å²) in [6, 6.07) is 13.9. The number of nitrogen functional groups attached to an aromatic ring is 1. The minimum absolute atomic E-state index is 0. The van der Waals surface area contributed by atoms with Crippen LogP contribution >= 0.6 is 149 Å². The summed E-state index contributed by atoms with van der Waals surface area (Å²) in [4.78, 5) is 72.7. The minimum Gasteiger partial charge on any atom is -1.00 e. The smallest absolute Gasteiger partial charge is 1.00 e. The summed E-state index contributed by atoms with van der Waals surface area (Å²) >= 11 is 20.1. The number of ketones is 3. The third-order valence-corrected chi connectivity index (χ3v) is 20.8. The molecule has 586 valence electrons. The van der Waals surface area contributed by atoms with E-state index in [-0.39, 0.29) is 103 Å². The number of alkyl halides is 3. The number of carboxylic acids is 1. The Morgan fingerprint density at radius 1 is 0.611 bits per heavy atom. The summed E-state index contributed by atoms with van der Waals surface area (Å²) in [7, 11) is 7.36. The Bertz CT molecular complexity index is 4170. The van der Waals surface area contributed by atoms with Crippen molar-refractivity contribution < 1.29 is 104 Å².